The molecular weight excluding hydrogens is 212 g/mol. The number of benzene rings is 1. The summed E-state index contributed by atoms with van der Waals surface area (Å²) in [7, 11) is 0. The second-order valence-electron chi connectivity index (χ2n) is 5.10. The van der Waals surface area contributed by atoms with E-state index in [1.807, 2.05) is 58.9 Å². The maximum absolute atomic E-state index is 10.8. The van der Waals surface area contributed by atoms with Crippen LogP contribution in [0, 0.1) is 5.92 Å². The van der Waals surface area contributed by atoms with Gasteiger partial charge in [-0.25, -0.2) is 0 Å². The molecule has 1 rings (SSSR count). The van der Waals surface area contributed by atoms with Crippen molar-refractivity contribution < 1.29 is 9.84 Å². The Labute approximate surface area is 105 Å². The van der Waals surface area contributed by atoms with E-state index in [2.05, 4.69) is 0 Å². The molecule has 1 unspecified atom stereocenters. The summed E-state index contributed by atoms with van der Waals surface area (Å²) in [6.07, 6.45) is 0.799. The van der Waals surface area contributed by atoms with Crippen molar-refractivity contribution in [1.82, 2.24) is 0 Å². The van der Waals surface area contributed by atoms with Gasteiger partial charge in [0, 0.05) is 5.56 Å². The zero-order valence-electron chi connectivity index (χ0n) is 11.5. The van der Waals surface area contributed by atoms with Crippen molar-refractivity contribution in [2.45, 2.75) is 52.7 Å². The largest absolute Gasteiger partial charge is 0.491 e. The summed E-state index contributed by atoms with van der Waals surface area (Å²) in [5.74, 6) is 0.949. The van der Waals surface area contributed by atoms with Crippen LogP contribution in [0.3, 0.4) is 0 Å². The SMILES string of the molecule is CCC(O)(c1ccccc1OC(C)C)C(C)C. The maximum Gasteiger partial charge on any atom is 0.125 e. The molecule has 2 nitrogen and oxygen atoms in total. The zero-order chi connectivity index (χ0) is 13.1. The van der Waals surface area contributed by atoms with Crippen molar-refractivity contribution in [3.8, 4) is 5.75 Å². The minimum atomic E-state index is -0.814. The van der Waals surface area contributed by atoms with Gasteiger partial charge < -0.3 is 9.84 Å². The molecule has 1 N–H and O–H groups in total. The molecule has 0 aliphatic rings. The van der Waals surface area contributed by atoms with E-state index < -0.39 is 5.60 Å². The summed E-state index contributed by atoms with van der Waals surface area (Å²) >= 11 is 0. The molecule has 17 heavy (non-hydrogen) atoms. The number of para-hydroxylation sites is 1. The summed E-state index contributed by atoms with van der Waals surface area (Å²) < 4.78 is 5.78. The molecule has 96 valence electrons. The van der Waals surface area contributed by atoms with E-state index in [1.54, 1.807) is 0 Å². The lowest BCUT2D eigenvalue weighted by Crippen LogP contribution is -2.32. The normalized spacial score (nSPS) is 15.1. The second-order valence-corrected chi connectivity index (χ2v) is 5.10. The Hall–Kier alpha value is -1.02. The minimum absolute atomic E-state index is 0.115. The highest BCUT2D eigenvalue weighted by Gasteiger charge is 2.33. The third kappa shape index (κ3) is 3.01. The summed E-state index contributed by atoms with van der Waals surface area (Å²) in [6, 6.07) is 7.78. The third-order valence-electron chi connectivity index (χ3n) is 3.21. The molecule has 1 aromatic carbocycles. The number of ether oxygens (including phenoxy) is 1. The lowest BCUT2D eigenvalue weighted by molar-refractivity contribution is -0.0169. The van der Waals surface area contributed by atoms with Gasteiger partial charge in [-0.15, -0.1) is 0 Å². The lowest BCUT2D eigenvalue weighted by atomic mass is 9.81. The van der Waals surface area contributed by atoms with Crippen LogP contribution in [-0.4, -0.2) is 11.2 Å². The summed E-state index contributed by atoms with van der Waals surface area (Å²) in [4.78, 5) is 0. The van der Waals surface area contributed by atoms with Crippen LogP contribution in [0.2, 0.25) is 0 Å². The first-order chi connectivity index (χ1) is 7.91. The van der Waals surface area contributed by atoms with E-state index in [0.29, 0.717) is 6.42 Å². The van der Waals surface area contributed by atoms with E-state index in [9.17, 15) is 5.11 Å². The van der Waals surface area contributed by atoms with Crippen molar-refractivity contribution in [2.75, 3.05) is 0 Å². The summed E-state index contributed by atoms with van der Waals surface area (Å²) in [5, 5.41) is 10.8. The highest BCUT2D eigenvalue weighted by atomic mass is 16.5. The fraction of sp³-hybridized carbons (Fsp3) is 0.600. The molecule has 1 atom stereocenters. The van der Waals surface area contributed by atoms with Gasteiger partial charge in [-0.05, 0) is 32.3 Å². The van der Waals surface area contributed by atoms with E-state index >= 15 is 0 Å². The van der Waals surface area contributed by atoms with Gasteiger partial charge in [0.25, 0.3) is 0 Å². The van der Waals surface area contributed by atoms with Crippen LogP contribution in [0.25, 0.3) is 0 Å². The topological polar surface area (TPSA) is 29.5 Å². The highest BCUT2D eigenvalue weighted by molar-refractivity contribution is 5.38. The van der Waals surface area contributed by atoms with Gasteiger partial charge in [-0.2, -0.15) is 0 Å². The van der Waals surface area contributed by atoms with Crippen molar-refractivity contribution >= 4 is 0 Å². The Morgan fingerprint density at radius 1 is 1.18 bits per heavy atom. The van der Waals surface area contributed by atoms with E-state index in [4.69, 9.17) is 4.74 Å². The second kappa shape index (κ2) is 5.54. The molecule has 0 heterocycles. The van der Waals surface area contributed by atoms with Gasteiger partial charge in [0.2, 0.25) is 0 Å². The molecular formula is C15H24O2. The van der Waals surface area contributed by atoms with E-state index in [0.717, 1.165) is 11.3 Å². The molecule has 2 heteroatoms. The first-order valence-corrected chi connectivity index (χ1v) is 6.40. The van der Waals surface area contributed by atoms with Crippen LogP contribution < -0.4 is 4.74 Å². The molecule has 0 saturated heterocycles. The average Bonchev–Trinajstić information content (AvgIpc) is 2.27. The van der Waals surface area contributed by atoms with Gasteiger partial charge in [-0.1, -0.05) is 39.0 Å². The molecule has 0 fully saturated rings. The van der Waals surface area contributed by atoms with Crippen molar-refractivity contribution in [2.24, 2.45) is 5.92 Å². The smallest absolute Gasteiger partial charge is 0.125 e. The Morgan fingerprint density at radius 2 is 1.76 bits per heavy atom. The molecule has 1 aromatic rings. The first kappa shape index (κ1) is 14.0. The van der Waals surface area contributed by atoms with Crippen molar-refractivity contribution in [3.05, 3.63) is 29.8 Å². The van der Waals surface area contributed by atoms with Crippen LogP contribution in [0.1, 0.15) is 46.6 Å². The Morgan fingerprint density at radius 3 is 2.24 bits per heavy atom. The Bertz CT molecular complexity index is 358. The van der Waals surface area contributed by atoms with Crippen LogP contribution >= 0.6 is 0 Å². The highest BCUT2D eigenvalue weighted by Crippen LogP contribution is 2.38. The van der Waals surface area contributed by atoms with Crippen LogP contribution in [0.4, 0.5) is 0 Å². The fourth-order valence-corrected chi connectivity index (χ4v) is 2.09. The molecule has 0 aliphatic heterocycles. The molecule has 0 saturated carbocycles. The van der Waals surface area contributed by atoms with Crippen LogP contribution in [0.15, 0.2) is 24.3 Å². The van der Waals surface area contributed by atoms with E-state index in [1.165, 1.54) is 0 Å². The number of aliphatic hydroxyl groups is 1. The van der Waals surface area contributed by atoms with Gasteiger partial charge in [-0.3, -0.25) is 0 Å². The number of rotatable bonds is 5. The Balaban J connectivity index is 3.19. The van der Waals surface area contributed by atoms with E-state index in [-0.39, 0.29) is 12.0 Å². The average molecular weight is 236 g/mol. The Kier molecular flexibility index (Phi) is 4.58. The van der Waals surface area contributed by atoms with Gasteiger partial charge >= 0.3 is 0 Å². The van der Waals surface area contributed by atoms with Gasteiger partial charge in [0.1, 0.15) is 5.75 Å². The minimum Gasteiger partial charge on any atom is -0.491 e. The van der Waals surface area contributed by atoms with Crippen molar-refractivity contribution in [3.63, 3.8) is 0 Å². The molecule has 0 aliphatic carbocycles. The monoisotopic (exact) mass is 236 g/mol. The van der Waals surface area contributed by atoms with Gasteiger partial charge in [0.15, 0.2) is 0 Å². The fourth-order valence-electron chi connectivity index (χ4n) is 2.09. The zero-order valence-corrected chi connectivity index (χ0v) is 11.5. The number of hydrogen-bond donors (Lipinski definition) is 1. The predicted octanol–water partition coefficient (Wildman–Crippen LogP) is 3.73. The van der Waals surface area contributed by atoms with Crippen molar-refractivity contribution in [1.29, 1.82) is 0 Å². The first-order valence-electron chi connectivity index (χ1n) is 6.40. The lowest BCUT2D eigenvalue weighted by Gasteiger charge is -2.33. The molecule has 0 amide bonds. The van der Waals surface area contributed by atoms with Crippen LogP contribution in [0.5, 0.6) is 5.75 Å². The van der Waals surface area contributed by atoms with Gasteiger partial charge in [0.05, 0.1) is 11.7 Å². The maximum atomic E-state index is 10.8. The number of hydrogen-bond acceptors (Lipinski definition) is 2. The predicted molar refractivity (Wildman–Crippen MR) is 71.2 cm³/mol. The standard InChI is InChI=1S/C15H24O2/c1-6-15(16,11(2)3)13-9-7-8-10-14(13)17-12(4)5/h7-12,16H,6H2,1-5H3. The molecule has 0 aromatic heterocycles. The third-order valence-corrected chi connectivity index (χ3v) is 3.21. The quantitative estimate of drug-likeness (QED) is 0.844. The molecule has 0 bridgehead atoms. The summed E-state index contributed by atoms with van der Waals surface area (Å²) in [5.41, 5.74) is 0.0806. The summed E-state index contributed by atoms with van der Waals surface area (Å²) in [6.45, 7) is 10.1. The van der Waals surface area contributed by atoms with Crippen LogP contribution in [-0.2, 0) is 5.60 Å². The molecule has 0 radical (unpaired) electrons. The molecule has 0 spiro atoms.